The number of hydrogen-bond donors (Lipinski definition) is 2. The minimum atomic E-state index is -0.803. The Morgan fingerprint density at radius 3 is 2.50 bits per heavy atom. The molecule has 0 aromatic rings. The van der Waals surface area contributed by atoms with Crippen LogP contribution in [0.5, 0.6) is 0 Å². The third-order valence-corrected chi connectivity index (χ3v) is 3.19. The van der Waals surface area contributed by atoms with E-state index in [-0.39, 0.29) is 11.9 Å². The second-order valence-electron chi connectivity index (χ2n) is 4.28. The van der Waals surface area contributed by atoms with Crippen LogP contribution in [-0.4, -0.2) is 23.0 Å². The van der Waals surface area contributed by atoms with Gasteiger partial charge in [-0.25, -0.2) is 0 Å². The number of amides is 1. The summed E-state index contributed by atoms with van der Waals surface area (Å²) in [5.41, 5.74) is 0.634. The lowest BCUT2D eigenvalue weighted by atomic mass is 9.84. The van der Waals surface area contributed by atoms with Gasteiger partial charge < -0.3 is 10.4 Å². The molecule has 0 heterocycles. The minimum absolute atomic E-state index is 0.152. The number of carboxylic acid groups (broad SMARTS) is 1. The smallest absolute Gasteiger partial charge is 0.308 e. The first-order valence-corrected chi connectivity index (χ1v) is 5.73. The number of carboxylic acids is 1. The molecule has 0 spiro atoms. The predicted octanol–water partition coefficient (Wildman–Crippen LogP) is 1.71. The Hall–Kier alpha value is -1.32. The first-order chi connectivity index (χ1) is 7.56. The molecule has 90 valence electrons. The van der Waals surface area contributed by atoms with Crippen molar-refractivity contribution in [2.24, 2.45) is 5.92 Å². The monoisotopic (exact) mass is 225 g/mol. The maximum absolute atomic E-state index is 11.6. The third-order valence-electron chi connectivity index (χ3n) is 3.19. The molecule has 2 unspecified atom stereocenters. The maximum Gasteiger partial charge on any atom is 0.308 e. The normalized spacial score (nSPS) is 26.2. The summed E-state index contributed by atoms with van der Waals surface area (Å²) in [5, 5.41) is 11.9. The lowest BCUT2D eigenvalue weighted by molar-refractivity contribution is -0.144. The fourth-order valence-corrected chi connectivity index (χ4v) is 2.01. The van der Waals surface area contributed by atoms with Crippen molar-refractivity contribution in [2.45, 2.75) is 45.6 Å². The Morgan fingerprint density at radius 1 is 1.31 bits per heavy atom. The van der Waals surface area contributed by atoms with Gasteiger partial charge in [0.1, 0.15) is 0 Å². The van der Waals surface area contributed by atoms with Gasteiger partial charge in [0.2, 0.25) is 5.91 Å². The van der Waals surface area contributed by atoms with E-state index in [0.717, 1.165) is 19.3 Å². The number of carbonyl (C=O) groups is 2. The van der Waals surface area contributed by atoms with Gasteiger partial charge in [0.15, 0.2) is 0 Å². The summed E-state index contributed by atoms with van der Waals surface area (Å²) in [7, 11) is 0. The number of aliphatic carboxylic acids is 1. The van der Waals surface area contributed by atoms with Crippen LogP contribution < -0.4 is 5.32 Å². The van der Waals surface area contributed by atoms with Crippen LogP contribution in [0.4, 0.5) is 0 Å². The maximum atomic E-state index is 11.6. The SMILES string of the molecule is C/C=C(/C)C(=O)NC1CCCCC1C(=O)O. The van der Waals surface area contributed by atoms with Crippen molar-refractivity contribution in [1.29, 1.82) is 0 Å². The van der Waals surface area contributed by atoms with Crippen molar-refractivity contribution in [3.8, 4) is 0 Å². The molecule has 1 aliphatic carbocycles. The second-order valence-corrected chi connectivity index (χ2v) is 4.28. The predicted molar refractivity (Wildman–Crippen MR) is 61.0 cm³/mol. The summed E-state index contributed by atoms with van der Waals surface area (Å²) in [4.78, 5) is 22.7. The van der Waals surface area contributed by atoms with E-state index in [1.165, 1.54) is 0 Å². The lowest BCUT2D eigenvalue weighted by Crippen LogP contribution is -2.45. The number of allylic oxidation sites excluding steroid dienone is 1. The molecular weight excluding hydrogens is 206 g/mol. The first-order valence-electron chi connectivity index (χ1n) is 5.73. The lowest BCUT2D eigenvalue weighted by Gasteiger charge is -2.29. The topological polar surface area (TPSA) is 66.4 Å². The molecule has 1 saturated carbocycles. The molecule has 0 aliphatic heterocycles. The Kier molecular flexibility index (Phi) is 4.52. The van der Waals surface area contributed by atoms with Crippen LogP contribution >= 0.6 is 0 Å². The van der Waals surface area contributed by atoms with E-state index >= 15 is 0 Å². The van der Waals surface area contributed by atoms with Crippen LogP contribution in [-0.2, 0) is 9.59 Å². The number of rotatable bonds is 3. The molecule has 0 aromatic heterocycles. The van der Waals surface area contributed by atoms with Gasteiger partial charge in [0.25, 0.3) is 0 Å². The Balaban J connectivity index is 2.63. The zero-order valence-electron chi connectivity index (χ0n) is 9.82. The summed E-state index contributed by atoms with van der Waals surface area (Å²) in [6.07, 6.45) is 5.08. The first kappa shape index (κ1) is 12.7. The van der Waals surface area contributed by atoms with Gasteiger partial charge in [0.05, 0.1) is 5.92 Å². The van der Waals surface area contributed by atoms with E-state index in [0.29, 0.717) is 12.0 Å². The Morgan fingerprint density at radius 2 is 1.94 bits per heavy atom. The summed E-state index contributed by atoms with van der Waals surface area (Å²) >= 11 is 0. The summed E-state index contributed by atoms with van der Waals surface area (Å²) < 4.78 is 0. The van der Waals surface area contributed by atoms with E-state index < -0.39 is 11.9 Å². The molecular formula is C12H19NO3. The van der Waals surface area contributed by atoms with Gasteiger partial charge >= 0.3 is 5.97 Å². The van der Waals surface area contributed by atoms with Crippen LogP contribution in [0.25, 0.3) is 0 Å². The van der Waals surface area contributed by atoms with Crippen molar-refractivity contribution in [3.05, 3.63) is 11.6 Å². The zero-order valence-corrected chi connectivity index (χ0v) is 9.82. The van der Waals surface area contributed by atoms with Crippen LogP contribution in [0.2, 0.25) is 0 Å². The van der Waals surface area contributed by atoms with Gasteiger partial charge in [-0.15, -0.1) is 0 Å². The van der Waals surface area contributed by atoms with E-state index in [2.05, 4.69) is 5.32 Å². The van der Waals surface area contributed by atoms with Crippen LogP contribution in [0.3, 0.4) is 0 Å². The van der Waals surface area contributed by atoms with Crippen molar-refractivity contribution >= 4 is 11.9 Å². The molecule has 0 saturated heterocycles. The average molecular weight is 225 g/mol. The van der Waals surface area contributed by atoms with Crippen molar-refractivity contribution in [2.75, 3.05) is 0 Å². The molecule has 0 aromatic carbocycles. The molecule has 1 fully saturated rings. The van der Waals surface area contributed by atoms with E-state index in [1.54, 1.807) is 19.9 Å². The fraction of sp³-hybridized carbons (Fsp3) is 0.667. The van der Waals surface area contributed by atoms with Gasteiger partial charge in [-0.05, 0) is 26.7 Å². The highest BCUT2D eigenvalue weighted by atomic mass is 16.4. The molecule has 4 nitrogen and oxygen atoms in total. The van der Waals surface area contributed by atoms with Gasteiger partial charge in [-0.2, -0.15) is 0 Å². The molecule has 0 radical (unpaired) electrons. The number of hydrogen-bond acceptors (Lipinski definition) is 2. The molecule has 2 atom stereocenters. The van der Waals surface area contributed by atoms with Gasteiger partial charge in [-0.1, -0.05) is 18.9 Å². The highest BCUT2D eigenvalue weighted by Gasteiger charge is 2.31. The van der Waals surface area contributed by atoms with Crippen molar-refractivity contribution in [3.63, 3.8) is 0 Å². The van der Waals surface area contributed by atoms with Crippen LogP contribution in [0, 0.1) is 5.92 Å². The van der Waals surface area contributed by atoms with Crippen LogP contribution in [0.1, 0.15) is 39.5 Å². The van der Waals surface area contributed by atoms with Crippen LogP contribution in [0.15, 0.2) is 11.6 Å². The van der Waals surface area contributed by atoms with Gasteiger partial charge in [-0.3, -0.25) is 9.59 Å². The number of carbonyl (C=O) groups excluding carboxylic acids is 1. The standard InChI is InChI=1S/C12H19NO3/c1-3-8(2)11(14)13-10-7-5-4-6-9(10)12(15)16/h3,9-10H,4-7H2,1-2H3,(H,13,14)(H,15,16)/b8-3-. The molecule has 16 heavy (non-hydrogen) atoms. The molecule has 2 N–H and O–H groups in total. The van der Waals surface area contributed by atoms with Crippen molar-refractivity contribution < 1.29 is 14.7 Å². The number of nitrogens with one attached hydrogen (secondary N) is 1. The van der Waals surface area contributed by atoms with E-state index in [4.69, 9.17) is 5.11 Å². The Bertz CT molecular complexity index is 309. The molecule has 1 rings (SSSR count). The minimum Gasteiger partial charge on any atom is -0.481 e. The average Bonchev–Trinajstić information content (AvgIpc) is 2.28. The summed E-state index contributed by atoms with van der Waals surface area (Å²) in [5.74, 6) is -1.38. The fourth-order valence-electron chi connectivity index (χ4n) is 2.01. The molecule has 0 bridgehead atoms. The molecule has 4 heteroatoms. The second kappa shape index (κ2) is 5.68. The third kappa shape index (κ3) is 3.08. The molecule has 1 aliphatic rings. The highest BCUT2D eigenvalue weighted by Crippen LogP contribution is 2.24. The summed E-state index contributed by atoms with van der Waals surface area (Å²) in [6, 6.07) is -0.214. The van der Waals surface area contributed by atoms with Gasteiger partial charge in [0, 0.05) is 11.6 Å². The van der Waals surface area contributed by atoms with Crippen molar-refractivity contribution in [1.82, 2.24) is 5.32 Å². The van der Waals surface area contributed by atoms with E-state index in [1.807, 2.05) is 0 Å². The highest BCUT2D eigenvalue weighted by molar-refractivity contribution is 5.93. The quantitative estimate of drug-likeness (QED) is 0.718. The molecule has 1 amide bonds. The zero-order chi connectivity index (χ0) is 12.1. The Labute approximate surface area is 95.7 Å². The summed E-state index contributed by atoms with van der Waals surface area (Å²) in [6.45, 7) is 3.53. The largest absolute Gasteiger partial charge is 0.481 e. The van der Waals surface area contributed by atoms with E-state index in [9.17, 15) is 9.59 Å².